The van der Waals surface area contributed by atoms with E-state index in [4.69, 9.17) is 4.42 Å². The van der Waals surface area contributed by atoms with Crippen LogP contribution in [0.4, 0.5) is 0 Å². The van der Waals surface area contributed by atoms with Crippen molar-refractivity contribution >= 4 is 11.8 Å². The van der Waals surface area contributed by atoms with Crippen molar-refractivity contribution in [2.45, 2.75) is 50.7 Å². The fourth-order valence-corrected chi connectivity index (χ4v) is 2.50. The van der Waals surface area contributed by atoms with E-state index >= 15 is 0 Å². The largest absolute Gasteiger partial charge is 0.459 e. The summed E-state index contributed by atoms with van der Waals surface area (Å²) in [4.78, 5) is 23.3. The van der Waals surface area contributed by atoms with Crippen LogP contribution in [0.15, 0.2) is 22.8 Å². The molecule has 6 nitrogen and oxygen atoms in total. The molecule has 2 rings (SSSR count). The van der Waals surface area contributed by atoms with Gasteiger partial charge < -0.3 is 20.2 Å². The lowest BCUT2D eigenvalue weighted by Crippen LogP contribution is -2.45. The van der Waals surface area contributed by atoms with Crippen molar-refractivity contribution in [1.82, 2.24) is 10.6 Å². The monoisotopic (exact) mass is 294 g/mol. The van der Waals surface area contributed by atoms with Crippen molar-refractivity contribution in [3.63, 3.8) is 0 Å². The van der Waals surface area contributed by atoms with E-state index in [1.807, 2.05) is 0 Å². The van der Waals surface area contributed by atoms with Gasteiger partial charge in [0.15, 0.2) is 5.76 Å². The van der Waals surface area contributed by atoms with Gasteiger partial charge in [0.05, 0.1) is 18.4 Å². The summed E-state index contributed by atoms with van der Waals surface area (Å²) in [5.41, 5.74) is 0. The normalized spacial score (nSPS) is 21.8. The van der Waals surface area contributed by atoms with Gasteiger partial charge in [-0.05, 0) is 31.4 Å². The molecule has 0 bridgehead atoms. The molecule has 3 N–H and O–H groups in total. The lowest BCUT2D eigenvalue weighted by molar-refractivity contribution is -0.123. The Kier molecular flexibility index (Phi) is 5.80. The van der Waals surface area contributed by atoms with E-state index in [0.717, 1.165) is 25.7 Å². The van der Waals surface area contributed by atoms with Crippen LogP contribution >= 0.6 is 0 Å². The van der Waals surface area contributed by atoms with Crippen LogP contribution in [0, 0.1) is 0 Å². The minimum absolute atomic E-state index is 0.0757. The first kappa shape index (κ1) is 15.6. The van der Waals surface area contributed by atoms with Gasteiger partial charge in [-0.25, -0.2) is 0 Å². The minimum atomic E-state index is -0.429. The maximum Gasteiger partial charge on any atom is 0.286 e. The summed E-state index contributed by atoms with van der Waals surface area (Å²) in [7, 11) is 0. The number of amides is 2. The molecule has 1 aromatic rings. The number of rotatable bonds is 6. The van der Waals surface area contributed by atoms with E-state index in [2.05, 4.69) is 10.6 Å². The van der Waals surface area contributed by atoms with Gasteiger partial charge >= 0.3 is 0 Å². The number of carbonyl (C=O) groups is 2. The van der Waals surface area contributed by atoms with E-state index in [0.29, 0.717) is 19.4 Å². The molecule has 6 heteroatoms. The number of nitrogens with one attached hydrogen (secondary N) is 2. The highest BCUT2D eigenvalue weighted by molar-refractivity contribution is 5.91. The van der Waals surface area contributed by atoms with Gasteiger partial charge in [0.25, 0.3) is 5.91 Å². The average Bonchev–Trinajstić information content (AvgIpc) is 3.00. The van der Waals surface area contributed by atoms with E-state index in [9.17, 15) is 14.7 Å². The Balaban J connectivity index is 1.60. The molecule has 1 heterocycles. The van der Waals surface area contributed by atoms with Crippen LogP contribution in [0.25, 0.3) is 0 Å². The van der Waals surface area contributed by atoms with E-state index in [1.165, 1.54) is 6.26 Å². The molecule has 1 saturated carbocycles. The maximum atomic E-state index is 11.8. The van der Waals surface area contributed by atoms with Crippen molar-refractivity contribution in [2.75, 3.05) is 6.54 Å². The summed E-state index contributed by atoms with van der Waals surface area (Å²) >= 11 is 0. The summed E-state index contributed by atoms with van der Waals surface area (Å²) in [5, 5.41) is 15.3. The second-order valence-electron chi connectivity index (χ2n) is 5.36. The molecule has 0 unspecified atom stereocenters. The van der Waals surface area contributed by atoms with Gasteiger partial charge in [0.2, 0.25) is 5.91 Å². The molecule has 0 aliphatic heterocycles. The van der Waals surface area contributed by atoms with Crippen molar-refractivity contribution in [2.24, 2.45) is 0 Å². The van der Waals surface area contributed by atoms with Crippen molar-refractivity contribution in [1.29, 1.82) is 0 Å². The second-order valence-corrected chi connectivity index (χ2v) is 5.36. The molecule has 2 atom stereocenters. The fourth-order valence-electron chi connectivity index (χ4n) is 2.50. The third-order valence-electron chi connectivity index (χ3n) is 3.69. The van der Waals surface area contributed by atoms with Gasteiger partial charge in [0.1, 0.15) is 0 Å². The third-order valence-corrected chi connectivity index (χ3v) is 3.69. The predicted molar refractivity (Wildman–Crippen MR) is 76.7 cm³/mol. The quantitative estimate of drug-likeness (QED) is 0.688. The predicted octanol–water partition coefficient (Wildman–Crippen LogP) is 1.21. The first-order chi connectivity index (χ1) is 10.2. The first-order valence-electron chi connectivity index (χ1n) is 7.46. The van der Waals surface area contributed by atoms with E-state index < -0.39 is 6.10 Å². The highest BCUT2D eigenvalue weighted by Crippen LogP contribution is 2.18. The van der Waals surface area contributed by atoms with Gasteiger partial charge in [-0.3, -0.25) is 9.59 Å². The standard InChI is InChI=1S/C15H22N2O4/c18-12-6-2-1-5-11(12)17-14(19)8-3-9-16-15(20)13-7-4-10-21-13/h4,7,10-12,18H,1-3,5-6,8-9H2,(H,16,20)(H,17,19)/t11-,12-/m0/s1. The molecule has 21 heavy (non-hydrogen) atoms. The zero-order valence-corrected chi connectivity index (χ0v) is 12.0. The topological polar surface area (TPSA) is 91.6 Å². The molecule has 2 amide bonds. The van der Waals surface area contributed by atoms with Crippen molar-refractivity contribution < 1.29 is 19.1 Å². The number of hydrogen-bond acceptors (Lipinski definition) is 4. The van der Waals surface area contributed by atoms with Gasteiger partial charge in [-0.15, -0.1) is 0 Å². The molecule has 1 aliphatic rings. The Morgan fingerprint density at radius 3 is 2.86 bits per heavy atom. The van der Waals surface area contributed by atoms with Crippen LogP contribution in [0.3, 0.4) is 0 Å². The second kappa shape index (κ2) is 7.83. The molecule has 1 aliphatic carbocycles. The molecule has 1 aromatic heterocycles. The van der Waals surface area contributed by atoms with Crippen LogP contribution in [0.2, 0.25) is 0 Å². The molecular weight excluding hydrogens is 272 g/mol. The van der Waals surface area contributed by atoms with Crippen LogP contribution in [0.1, 0.15) is 49.1 Å². The molecule has 0 aromatic carbocycles. The average molecular weight is 294 g/mol. The van der Waals surface area contributed by atoms with Crippen LogP contribution in [-0.2, 0) is 4.79 Å². The third kappa shape index (κ3) is 4.90. The molecule has 0 saturated heterocycles. The lowest BCUT2D eigenvalue weighted by atomic mass is 9.92. The molecular formula is C15H22N2O4. The van der Waals surface area contributed by atoms with E-state index in [-0.39, 0.29) is 23.6 Å². The summed E-state index contributed by atoms with van der Waals surface area (Å²) in [6.07, 6.45) is 5.56. The maximum absolute atomic E-state index is 11.8. The fraction of sp³-hybridized carbons (Fsp3) is 0.600. The number of furan rings is 1. The lowest BCUT2D eigenvalue weighted by Gasteiger charge is -2.28. The summed E-state index contributed by atoms with van der Waals surface area (Å²) < 4.78 is 4.97. The highest BCUT2D eigenvalue weighted by Gasteiger charge is 2.24. The smallest absolute Gasteiger partial charge is 0.286 e. The summed E-state index contributed by atoms with van der Waals surface area (Å²) in [6, 6.07) is 3.12. The molecule has 1 fully saturated rings. The molecule has 0 radical (unpaired) electrons. The number of aliphatic hydroxyl groups excluding tert-OH is 1. The van der Waals surface area contributed by atoms with Gasteiger partial charge in [-0.1, -0.05) is 12.8 Å². The zero-order valence-electron chi connectivity index (χ0n) is 12.0. The first-order valence-corrected chi connectivity index (χ1v) is 7.46. The van der Waals surface area contributed by atoms with Crippen LogP contribution in [0.5, 0.6) is 0 Å². The van der Waals surface area contributed by atoms with E-state index in [1.54, 1.807) is 12.1 Å². The summed E-state index contributed by atoms with van der Waals surface area (Å²) in [5.74, 6) is -0.0823. The number of carbonyl (C=O) groups excluding carboxylic acids is 2. The minimum Gasteiger partial charge on any atom is -0.459 e. The summed E-state index contributed by atoms with van der Waals surface area (Å²) in [6.45, 7) is 0.417. The Morgan fingerprint density at radius 1 is 1.33 bits per heavy atom. The van der Waals surface area contributed by atoms with Crippen LogP contribution < -0.4 is 10.6 Å². The Bertz CT molecular complexity index is 458. The SMILES string of the molecule is O=C(CCCNC(=O)c1ccco1)N[C@H]1CCCC[C@@H]1O. The van der Waals surface area contributed by atoms with Gasteiger partial charge in [-0.2, -0.15) is 0 Å². The number of hydrogen-bond donors (Lipinski definition) is 3. The Morgan fingerprint density at radius 2 is 2.14 bits per heavy atom. The highest BCUT2D eigenvalue weighted by atomic mass is 16.3. The number of aliphatic hydroxyl groups is 1. The molecule has 0 spiro atoms. The van der Waals surface area contributed by atoms with Gasteiger partial charge in [0, 0.05) is 13.0 Å². The Hall–Kier alpha value is -1.82. The molecule has 116 valence electrons. The zero-order chi connectivity index (χ0) is 15.1. The Labute approximate surface area is 123 Å². The van der Waals surface area contributed by atoms with Crippen molar-refractivity contribution in [3.05, 3.63) is 24.2 Å². The van der Waals surface area contributed by atoms with Crippen LogP contribution in [-0.4, -0.2) is 35.6 Å². The van der Waals surface area contributed by atoms with Crippen molar-refractivity contribution in [3.8, 4) is 0 Å².